The SMILES string of the molecule is N#CC(C(=O)c1ccc(-c2ccccc2F)o1)c1nc2sc3c(c2c(=O)[nH]1)CCCC3. The molecule has 0 aliphatic heterocycles. The highest BCUT2D eigenvalue weighted by atomic mass is 32.1. The second-order valence-electron chi connectivity index (χ2n) is 7.41. The van der Waals surface area contributed by atoms with Crippen molar-refractivity contribution in [3.8, 4) is 17.4 Å². The molecule has 0 saturated carbocycles. The Kier molecular flexibility index (Phi) is 4.75. The van der Waals surface area contributed by atoms with Gasteiger partial charge in [0, 0.05) is 4.88 Å². The van der Waals surface area contributed by atoms with Crippen LogP contribution in [0, 0.1) is 17.1 Å². The highest BCUT2D eigenvalue weighted by Gasteiger charge is 2.29. The fourth-order valence-corrected chi connectivity index (χ4v) is 5.25. The Labute approximate surface area is 180 Å². The fraction of sp³-hybridized carbons (Fsp3) is 0.217. The van der Waals surface area contributed by atoms with Gasteiger partial charge >= 0.3 is 0 Å². The summed E-state index contributed by atoms with van der Waals surface area (Å²) >= 11 is 1.45. The molecule has 0 saturated heterocycles. The molecule has 0 bridgehead atoms. The zero-order valence-electron chi connectivity index (χ0n) is 16.3. The number of carbonyl (C=O) groups is 1. The summed E-state index contributed by atoms with van der Waals surface area (Å²) in [4.78, 5) is 34.5. The van der Waals surface area contributed by atoms with E-state index < -0.39 is 17.5 Å². The van der Waals surface area contributed by atoms with Gasteiger partial charge in [0.25, 0.3) is 5.56 Å². The molecule has 31 heavy (non-hydrogen) atoms. The number of halogens is 1. The van der Waals surface area contributed by atoms with E-state index in [1.807, 2.05) is 6.07 Å². The van der Waals surface area contributed by atoms with Crippen molar-refractivity contribution in [3.63, 3.8) is 0 Å². The maximum absolute atomic E-state index is 14.0. The standard InChI is InChI=1S/C23H16FN3O3S/c24-15-7-3-1-5-12(15)16-9-10-17(30-16)20(28)14(11-25)21-26-22(29)19-13-6-2-4-8-18(13)31-23(19)27-21/h1,3,5,7,9-10,14H,2,4,6,8H2,(H,26,27,29). The van der Waals surface area contributed by atoms with E-state index in [9.17, 15) is 19.2 Å². The number of hydrogen-bond donors (Lipinski definition) is 1. The Balaban J connectivity index is 1.52. The van der Waals surface area contributed by atoms with E-state index in [4.69, 9.17) is 4.42 Å². The number of aromatic amines is 1. The van der Waals surface area contributed by atoms with E-state index in [0.717, 1.165) is 36.1 Å². The van der Waals surface area contributed by atoms with E-state index in [2.05, 4.69) is 9.97 Å². The molecule has 1 aliphatic rings. The van der Waals surface area contributed by atoms with Gasteiger partial charge in [0.05, 0.1) is 17.0 Å². The third-order valence-corrected chi connectivity index (χ3v) is 6.68. The molecule has 0 amide bonds. The predicted octanol–water partition coefficient (Wildman–Crippen LogP) is 4.75. The van der Waals surface area contributed by atoms with Gasteiger partial charge in [0.15, 0.2) is 11.7 Å². The number of H-pyrrole nitrogens is 1. The minimum absolute atomic E-state index is 0.00700. The number of hydrogen-bond acceptors (Lipinski definition) is 6. The number of nitrogens with zero attached hydrogens (tertiary/aromatic N) is 2. The van der Waals surface area contributed by atoms with Crippen molar-refractivity contribution in [1.82, 2.24) is 9.97 Å². The van der Waals surface area contributed by atoms with Gasteiger partial charge in [-0.2, -0.15) is 5.26 Å². The Morgan fingerprint density at radius 3 is 2.84 bits per heavy atom. The van der Waals surface area contributed by atoms with E-state index >= 15 is 0 Å². The monoisotopic (exact) mass is 433 g/mol. The van der Waals surface area contributed by atoms with Crippen LogP contribution in [0.2, 0.25) is 0 Å². The zero-order chi connectivity index (χ0) is 21.5. The van der Waals surface area contributed by atoms with Gasteiger partial charge in [0.1, 0.15) is 22.2 Å². The summed E-state index contributed by atoms with van der Waals surface area (Å²) in [5.74, 6) is -2.39. The first-order valence-electron chi connectivity index (χ1n) is 9.90. The molecule has 1 aromatic carbocycles. The van der Waals surface area contributed by atoms with Crippen LogP contribution in [0.1, 0.15) is 45.6 Å². The van der Waals surface area contributed by atoms with Gasteiger partial charge in [-0.05, 0) is 55.5 Å². The van der Waals surface area contributed by atoms with Crippen LogP contribution >= 0.6 is 11.3 Å². The van der Waals surface area contributed by atoms with Crippen LogP contribution in [0.5, 0.6) is 0 Å². The van der Waals surface area contributed by atoms with E-state index in [1.165, 1.54) is 35.6 Å². The topological polar surface area (TPSA) is 99.8 Å². The molecule has 1 aliphatic carbocycles. The smallest absolute Gasteiger partial charge is 0.259 e. The number of nitriles is 1. The molecule has 1 N–H and O–H groups in total. The number of fused-ring (bicyclic) bond motifs is 3. The molecular weight excluding hydrogens is 417 g/mol. The number of carbonyl (C=O) groups excluding carboxylic acids is 1. The van der Waals surface area contributed by atoms with Crippen molar-refractivity contribution < 1.29 is 13.6 Å². The van der Waals surface area contributed by atoms with E-state index in [1.54, 1.807) is 12.1 Å². The number of aromatic nitrogens is 2. The summed E-state index contributed by atoms with van der Waals surface area (Å²) in [6, 6.07) is 10.8. The molecule has 0 fully saturated rings. The van der Waals surface area contributed by atoms with Crippen LogP contribution in [0.25, 0.3) is 21.5 Å². The van der Waals surface area contributed by atoms with Crippen LogP contribution < -0.4 is 5.56 Å². The van der Waals surface area contributed by atoms with Crippen LogP contribution in [-0.4, -0.2) is 15.8 Å². The second-order valence-corrected chi connectivity index (χ2v) is 8.50. The summed E-state index contributed by atoms with van der Waals surface area (Å²) in [5, 5.41) is 10.2. The lowest BCUT2D eigenvalue weighted by molar-refractivity contribution is 0.0950. The summed E-state index contributed by atoms with van der Waals surface area (Å²) in [6.07, 6.45) is 3.86. The van der Waals surface area contributed by atoms with E-state index in [-0.39, 0.29) is 28.5 Å². The molecule has 4 aromatic rings. The first kappa shape index (κ1) is 19.4. The van der Waals surface area contributed by atoms with Crippen LogP contribution in [0.15, 0.2) is 45.6 Å². The van der Waals surface area contributed by atoms with Crippen molar-refractivity contribution >= 4 is 27.3 Å². The van der Waals surface area contributed by atoms with Gasteiger partial charge in [-0.15, -0.1) is 11.3 Å². The average Bonchev–Trinajstić information content (AvgIpc) is 3.39. The van der Waals surface area contributed by atoms with Crippen molar-refractivity contribution in [2.45, 2.75) is 31.6 Å². The first-order valence-corrected chi connectivity index (χ1v) is 10.7. The highest BCUT2D eigenvalue weighted by Crippen LogP contribution is 2.34. The molecule has 1 atom stereocenters. The Morgan fingerprint density at radius 1 is 1.23 bits per heavy atom. The number of aryl methyl sites for hydroxylation is 2. The van der Waals surface area contributed by atoms with Gasteiger partial charge < -0.3 is 9.40 Å². The van der Waals surface area contributed by atoms with Gasteiger partial charge in [-0.3, -0.25) is 9.59 Å². The number of ketones is 1. The largest absolute Gasteiger partial charge is 0.453 e. The summed E-state index contributed by atoms with van der Waals surface area (Å²) < 4.78 is 19.6. The summed E-state index contributed by atoms with van der Waals surface area (Å²) in [7, 11) is 0. The average molecular weight is 433 g/mol. The third kappa shape index (κ3) is 3.27. The number of Topliss-reactive ketones (excluding diaryl/α,β-unsaturated/α-hetero) is 1. The number of nitrogens with one attached hydrogen (secondary N) is 1. The van der Waals surface area contributed by atoms with Gasteiger partial charge in [-0.1, -0.05) is 12.1 Å². The molecule has 3 aromatic heterocycles. The minimum atomic E-state index is -1.34. The molecule has 8 heteroatoms. The fourth-order valence-electron chi connectivity index (χ4n) is 3.98. The zero-order valence-corrected chi connectivity index (χ0v) is 17.1. The second kappa shape index (κ2) is 7.60. The number of rotatable bonds is 4. The van der Waals surface area contributed by atoms with Crippen molar-refractivity contribution in [2.75, 3.05) is 0 Å². The molecule has 6 nitrogen and oxygen atoms in total. The summed E-state index contributed by atoms with van der Waals surface area (Å²) in [5.41, 5.74) is 0.915. The molecule has 3 heterocycles. The maximum Gasteiger partial charge on any atom is 0.259 e. The summed E-state index contributed by atoms with van der Waals surface area (Å²) in [6.45, 7) is 0. The number of furan rings is 1. The molecule has 0 radical (unpaired) electrons. The van der Waals surface area contributed by atoms with E-state index in [0.29, 0.717) is 10.2 Å². The first-order chi connectivity index (χ1) is 15.1. The Morgan fingerprint density at radius 2 is 2.03 bits per heavy atom. The van der Waals surface area contributed by atoms with Crippen molar-refractivity contribution in [3.05, 3.63) is 74.6 Å². The van der Waals surface area contributed by atoms with Crippen LogP contribution in [-0.2, 0) is 12.8 Å². The molecule has 1 unspecified atom stereocenters. The lowest BCUT2D eigenvalue weighted by Crippen LogP contribution is -2.19. The minimum Gasteiger partial charge on any atom is -0.453 e. The molecule has 5 rings (SSSR count). The molecular formula is C23H16FN3O3S. The quantitative estimate of drug-likeness (QED) is 0.468. The lowest BCUT2D eigenvalue weighted by Gasteiger charge is -2.09. The maximum atomic E-state index is 14.0. The highest BCUT2D eigenvalue weighted by molar-refractivity contribution is 7.18. The molecule has 0 spiro atoms. The number of benzene rings is 1. The van der Waals surface area contributed by atoms with Crippen LogP contribution in [0.3, 0.4) is 0 Å². The normalized spacial score (nSPS) is 14.2. The van der Waals surface area contributed by atoms with Crippen molar-refractivity contribution in [1.29, 1.82) is 5.26 Å². The Hall–Kier alpha value is -3.57. The van der Waals surface area contributed by atoms with Gasteiger partial charge in [-0.25, -0.2) is 9.37 Å². The molecule has 154 valence electrons. The predicted molar refractivity (Wildman–Crippen MR) is 114 cm³/mol. The van der Waals surface area contributed by atoms with Crippen molar-refractivity contribution in [2.24, 2.45) is 0 Å². The van der Waals surface area contributed by atoms with Gasteiger partial charge in [0.2, 0.25) is 5.78 Å². The Bertz CT molecular complexity index is 1430. The van der Waals surface area contributed by atoms with Crippen LogP contribution in [0.4, 0.5) is 4.39 Å². The third-order valence-electron chi connectivity index (χ3n) is 5.50. The number of thiophene rings is 1. The lowest BCUT2D eigenvalue weighted by atomic mass is 9.97.